The van der Waals surface area contributed by atoms with Crippen LogP contribution < -0.4 is 4.74 Å². The second-order valence-electron chi connectivity index (χ2n) is 5.35. The maximum absolute atomic E-state index is 12.4. The smallest absolute Gasteiger partial charge is 0.274 e. The highest BCUT2D eigenvalue weighted by molar-refractivity contribution is 6.02. The first-order valence-electron chi connectivity index (χ1n) is 6.90. The van der Waals surface area contributed by atoms with Crippen LogP contribution in [0.4, 0.5) is 0 Å². The quantitative estimate of drug-likeness (QED) is 0.613. The molecule has 1 fully saturated rings. The summed E-state index contributed by atoms with van der Waals surface area (Å²) in [5.41, 5.74) is 1.73. The fraction of sp³-hybridized carbons (Fsp3) is 0.400. The van der Waals surface area contributed by atoms with Crippen LogP contribution in [0.2, 0.25) is 0 Å². The minimum atomic E-state index is -0.268. The van der Waals surface area contributed by atoms with Gasteiger partial charge in [0.25, 0.3) is 11.8 Å². The molecule has 0 aliphatic carbocycles. The second-order valence-corrected chi connectivity index (χ2v) is 5.35. The first kappa shape index (κ1) is 13.6. The van der Waals surface area contributed by atoms with Gasteiger partial charge >= 0.3 is 0 Å². The van der Waals surface area contributed by atoms with Crippen LogP contribution in [0, 0.1) is 6.92 Å². The first-order chi connectivity index (χ1) is 10.0. The van der Waals surface area contributed by atoms with Crippen LogP contribution in [-0.2, 0) is 0 Å². The summed E-state index contributed by atoms with van der Waals surface area (Å²) in [5.74, 6) is 0.195. The van der Waals surface area contributed by atoms with Gasteiger partial charge in [0.15, 0.2) is 6.23 Å². The molecule has 0 radical (unpaired) electrons. The molecule has 0 N–H and O–H groups in total. The van der Waals surface area contributed by atoms with Crippen LogP contribution in [0.15, 0.2) is 17.2 Å². The van der Waals surface area contributed by atoms with Gasteiger partial charge < -0.3 is 9.64 Å². The molecule has 2 aliphatic heterocycles. The van der Waals surface area contributed by atoms with Gasteiger partial charge in [0.2, 0.25) is 0 Å². The van der Waals surface area contributed by atoms with Gasteiger partial charge in [-0.1, -0.05) is 0 Å². The van der Waals surface area contributed by atoms with Crippen molar-refractivity contribution in [2.45, 2.75) is 26.0 Å². The van der Waals surface area contributed by atoms with E-state index in [1.54, 1.807) is 31.0 Å². The van der Waals surface area contributed by atoms with E-state index < -0.39 is 0 Å². The van der Waals surface area contributed by atoms with Crippen molar-refractivity contribution in [1.29, 1.82) is 0 Å². The fourth-order valence-corrected chi connectivity index (χ4v) is 2.81. The van der Waals surface area contributed by atoms with Crippen molar-refractivity contribution in [3.05, 3.63) is 28.8 Å². The van der Waals surface area contributed by atoms with E-state index in [9.17, 15) is 9.59 Å². The number of ether oxygens (including phenoxy) is 1. The Balaban J connectivity index is 2.04. The molecule has 1 aromatic carbocycles. The fourth-order valence-electron chi connectivity index (χ4n) is 2.81. The summed E-state index contributed by atoms with van der Waals surface area (Å²) in [6.07, 6.45) is 1.57. The van der Waals surface area contributed by atoms with E-state index in [0.29, 0.717) is 16.9 Å². The number of hydrogen-bond acceptors (Lipinski definition) is 4. The number of carbonyl (C=O) groups excluding carboxylic acids is 2. The topological polar surface area (TPSA) is 62.2 Å². The van der Waals surface area contributed by atoms with Crippen molar-refractivity contribution in [2.75, 3.05) is 13.6 Å². The third kappa shape index (κ3) is 2.07. The highest BCUT2D eigenvalue weighted by atomic mass is 16.5. The van der Waals surface area contributed by atoms with Crippen molar-refractivity contribution in [3.8, 4) is 5.75 Å². The number of rotatable bonds is 2. The average Bonchev–Trinajstić information content (AvgIpc) is 2.94. The lowest BCUT2D eigenvalue weighted by Crippen LogP contribution is -2.43. The van der Waals surface area contributed by atoms with Gasteiger partial charge in [-0.3, -0.25) is 9.59 Å². The predicted molar refractivity (Wildman–Crippen MR) is 77.5 cm³/mol. The van der Waals surface area contributed by atoms with Crippen LogP contribution in [0.5, 0.6) is 5.75 Å². The normalized spacial score (nSPS) is 19.6. The Morgan fingerprint density at radius 1 is 1.52 bits per heavy atom. The van der Waals surface area contributed by atoms with E-state index in [4.69, 9.17) is 4.74 Å². The molecule has 1 saturated heterocycles. The van der Waals surface area contributed by atoms with Crippen LogP contribution in [0.25, 0.3) is 0 Å². The van der Waals surface area contributed by atoms with Gasteiger partial charge in [-0.05, 0) is 31.0 Å². The number of benzene rings is 1. The zero-order valence-corrected chi connectivity index (χ0v) is 12.1. The second kappa shape index (κ2) is 4.87. The molecule has 0 spiro atoms. The Morgan fingerprint density at radius 2 is 2.29 bits per heavy atom. The maximum atomic E-state index is 12.4. The monoisotopic (exact) mass is 287 g/mol. The number of aryl methyl sites for hydroxylation is 1. The van der Waals surface area contributed by atoms with Crippen molar-refractivity contribution in [1.82, 2.24) is 9.91 Å². The molecule has 6 nitrogen and oxygen atoms in total. The number of carbonyl (C=O) groups is 2. The Kier molecular flexibility index (Phi) is 3.16. The third-order valence-corrected chi connectivity index (χ3v) is 4.02. The SMILES string of the molecule is C=NN(C)C(=O)c1cc2c(cc1C)C(=O)N1CCCC1O2. The van der Waals surface area contributed by atoms with E-state index in [1.165, 1.54) is 5.01 Å². The molecule has 0 aromatic heterocycles. The van der Waals surface area contributed by atoms with E-state index in [2.05, 4.69) is 11.8 Å². The van der Waals surface area contributed by atoms with Gasteiger partial charge in [0, 0.05) is 32.3 Å². The summed E-state index contributed by atoms with van der Waals surface area (Å²) in [6.45, 7) is 5.87. The number of nitrogens with zero attached hydrogens (tertiary/aromatic N) is 3. The van der Waals surface area contributed by atoms with Gasteiger partial charge in [-0.2, -0.15) is 5.10 Å². The molecule has 0 saturated carbocycles. The van der Waals surface area contributed by atoms with Crippen LogP contribution in [0.1, 0.15) is 39.1 Å². The van der Waals surface area contributed by atoms with Crippen molar-refractivity contribution in [3.63, 3.8) is 0 Å². The van der Waals surface area contributed by atoms with Crippen LogP contribution in [0.3, 0.4) is 0 Å². The predicted octanol–water partition coefficient (Wildman–Crippen LogP) is 1.64. The standard InChI is InChI=1S/C15H17N3O3/c1-9-7-11-12(8-10(9)14(19)17(3)16-2)21-13-5-4-6-18(13)15(11)20/h7-8,13H,2,4-6H2,1,3H3. The molecule has 2 heterocycles. The van der Waals surface area contributed by atoms with Crippen molar-refractivity contribution < 1.29 is 14.3 Å². The lowest BCUT2D eigenvalue weighted by atomic mass is 10.0. The number of fused-ring (bicyclic) bond motifs is 2. The summed E-state index contributed by atoms with van der Waals surface area (Å²) in [6, 6.07) is 3.36. The molecule has 6 heteroatoms. The molecule has 3 rings (SSSR count). The number of hydrogen-bond donors (Lipinski definition) is 0. The Hall–Kier alpha value is -2.37. The summed E-state index contributed by atoms with van der Waals surface area (Å²) in [7, 11) is 1.54. The lowest BCUT2D eigenvalue weighted by molar-refractivity contribution is 0.0292. The molecular formula is C15H17N3O3. The maximum Gasteiger partial charge on any atom is 0.274 e. The molecule has 0 bridgehead atoms. The Labute approximate surface area is 123 Å². The zero-order valence-electron chi connectivity index (χ0n) is 12.1. The van der Waals surface area contributed by atoms with Crippen LogP contribution in [-0.4, -0.2) is 48.3 Å². The molecule has 1 unspecified atom stereocenters. The summed E-state index contributed by atoms with van der Waals surface area (Å²) < 4.78 is 5.87. The third-order valence-electron chi connectivity index (χ3n) is 4.02. The van der Waals surface area contributed by atoms with Gasteiger partial charge in [-0.25, -0.2) is 5.01 Å². The number of amides is 2. The molecular weight excluding hydrogens is 270 g/mol. The highest BCUT2D eigenvalue weighted by Gasteiger charge is 2.37. The zero-order chi connectivity index (χ0) is 15.1. The molecule has 1 aromatic rings. The highest BCUT2D eigenvalue weighted by Crippen LogP contribution is 2.34. The average molecular weight is 287 g/mol. The minimum absolute atomic E-state index is 0.0175. The molecule has 110 valence electrons. The van der Waals surface area contributed by atoms with Crippen LogP contribution >= 0.6 is 0 Å². The van der Waals surface area contributed by atoms with E-state index in [-0.39, 0.29) is 18.0 Å². The lowest BCUT2D eigenvalue weighted by Gasteiger charge is -2.32. The van der Waals surface area contributed by atoms with E-state index in [0.717, 1.165) is 24.9 Å². The minimum Gasteiger partial charge on any atom is -0.470 e. The van der Waals surface area contributed by atoms with Crippen molar-refractivity contribution in [2.24, 2.45) is 5.10 Å². The Morgan fingerprint density at radius 3 is 3.00 bits per heavy atom. The van der Waals surface area contributed by atoms with Gasteiger partial charge in [-0.15, -0.1) is 0 Å². The molecule has 21 heavy (non-hydrogen) atoms. The molecule has 2 amide bonds. The van der Waals surface area contributed by atoms with Crippen molar-refractivity contribution >= 4 is 18.5 Å². The molecule has 1 atom stereocenters. The first-order valence-corrected chi connectivity index (χ1v) is 6.90. The molecule has 2 aliphatic rings. The van der Waals surface area contributed by atoms with Gasteiger partial charge in [0.05, 0.1) is 5.56 Å². The van der Waals surface area contributed by atoms with E-state index in [1.807, 2.05) is 0 Å². The summed E-state index contributed by atoms with van der Waals surface area (Å²) in [4.78, 5) is 26.4. The number of hydrazone groups is 1. The largest absolute Gasteiger partial charge is 0.470 e. The Bertz CT molecular complexity index is 641. The van der Waals surface area contributed by atoms with E-state index >= 15 is 0 Å². The summed E-state index contributed by atoms with van der Waals surface area (Å²) >= 11 is 0. The summed E-state index contributed by atoms with van der Waals surface area (Å²) in [5, 5.41) is 4.77. The van der Waals surface area contributed by atoms with Gasteiger partial charge in [0.1, 0.15) is 5.75 Å².